The number of likely N-dealkylation sites (tertiary alicyclic amines) is 1. The third kappa shape index (κ3) is 4.47. The number of carbonyl (C=O) groups excluding carboxylic acids is 1. The number of alkyl halides is 1. The van der Waals surface area contributed by atoms with E-state index in [4.69, 9.17) is 4.74 Å². The van der Waals surface area contributed by atoms with Crippen molar-refractivity contribution in [1.29, 1.82) is 0 Å². The molecule has 1 N–H and O–H groups in total. The van der Waals surface area contributed by atoms with Crippen LogP contribution in [0.4, 0.5) is 15.0 Å². The number of anilines is 1. The molecular formula is C21H24FN5O2. The molecule has 7 nitrogen and oxygen atoms in total. The molecule has 0 saturated carbocycles. The lowest BCUT2D eigenvalue weighted by Gasteiger charge is -2.34. The maximum atomic E-state index is 14.7. The fourth-order valence-electron chi connectivity index (χ4n) is 3.50. The van der Waals surface area contributed by atoms with Gasteiger partial charge in [0.2, 0.25) is 0 Å². The highest BCUT2D eigenvalue weighted by Gasteiger charge is 2.32. The maximum Gasteiger partial charge on any atom is 0.410 e. The van der Waals surface area contributed by atoms with E-state index in [1.165, 1.54) is 4.90 Å². The smallest absolute Gasteiger partial charge is 0.410 e. The fourth-order valence-corrected chi connectivity index (χ4v) is 3.50. The zero-order chi connectivity index (χ0) is 20.2. The van der Waals surface area contributed by atoms with Crippen LogP contribution in [0.3, 0.4) is 0 Å². The summed E-state index contributed by atoms with van der Waals surface area (Å²) in [5.41, 5.74) is 2.80. The van der Waals surface area contributed by atoms with Gasteiger partial charge in [-0.2, -0.15) is 0 Å². The van der Waals surface area contributed by atoms with Crippen molar-refractivity contribution < 1.29 is 13.9 Å². The molecular weight excluding hydrogens is 373 g/mol. The summed E-state index contributed by atoms with van der Waals surface area (Å²) in [6.07, 6.45) is 0.626. The van der Waals surface area contributed by atoms with E-state index < -0.39 is 12.3 Å². The van der Waals surface area contributed by atoms with Gasteiger partial charge in [0.15, 0.2) is 5.65 Å². The van der Waals surface area contributed by atoms with Crippen LogP contribution in [0.1, 0.15) is 17.5 Å². The molecule has 1 unspecified atom stereocenters. The van der Waals surface area contributed by atoms with E-state index in [1.54, 1.807) is 6.33 Å². The van der Waals surface area contributed by atoms with Crippen LogP contribution in [-0.4, -0.2) is 51.4 Å². The van der Waals surface area contributed by atoms with E-state index in [-0.39, 0.29) is 19.1 Å². The minimum absolute atomic E-state index is 0.0515. The van der Waals surface area contributed by atoms with Crippen molar-refractivity contribution in [2.24, 2.45) is 5.92 Å². The van der Waals surface area contributed by atoms with E-state index in [0.717, 1.165) is 22.6 Å². The Balaban J connectivity index is 1.27. The first-order chi connectivity index (χ1) is 14.1. The monoisotopic (exact) mass is 397 g/mol. The third-order valence-corrected chi connectivity index (χ3v) is 5.30. The Bertz CT molecular complexity index is 975. The molecule has 0 aliphatic carbocycles. The summed E-state index contributed by atoms with van der Waals surface area (Å²) in [6.45, 7) is 3.21. The van der Waals surface area contributed by atoms with Gasteiger partial charge >= 0.3 is 6.09 Å². The molecule has 1 saturated heterocycles. The Morgan fingerprint density at radius 2 is 2.10 bits per heavy atom. The van der Waals surface area contributed by atoms with Crippen molar-refractivity contribution in [3.8, 4) is 0 Å². The number of aryl methyl sites for hydroxylation is 1. The Morgan fingerprint density at radius 1 is 1.28 bits per heavy atom. The van der Waals surface area contributed by atoms with Gasteiger partial charge in [0, 0.05) is 19.0 Å². The van der Waals surface area contributed by atoms with Crippen LogP contribution in [0.25, 0.3) is 5.65 Å². The van der Waals surface area contributed by atoms with E-state index in [0.29, 0.717) is 19.5 Å². The van der Waals surface area contributed by atoms with Crippen LogP contribution in [-0.2, 0) is 11.3 Å². The van der Waals surface area contributed by atoms with Crippen molar-refractivity contribution in [1.82, 2.24) is 19.5 Å². The summed E-state index contributed by atoms with van der Waals surface area (Å²) >= 11 is 0. The van der Waals surface area contributed by atoms with Crippen LogP contribution in [0.5, 0.6) is 0 Å². The summed E-state index contributed by atoms with van der Waals surface area (Å²) in [5.74, 6) is 0.641. The highest BCUT2D eigenvalue weighted by Crippen LogP contribution is 2.22. The fraction of sp³-hybridized carbons (Fsp3) is 0.381. The molecule has 2 atom stereocenters. The average molecular weight is 397 g/mol. The quantitative estimate of drug-likeness (QED) is 0.714. The first-order valence-corrected chi connectivity index (χ1v) is 9.74. The lowest BCUT2D eigenvalue weighted by molar-refractivity contribution is 0.0544. The van der Waals surface area contributed by atoms with Gasteiger partial charge in [-0.25, -0.2) is 9.18 Å². The second-order valence-electron chi connectivity index (χ2n) is 7.40. The van der Waals surface area contributed by atoms with Gasteiger partial charge in [-0.15, -0.1) is 10.2 Å². The molecule has 1 aliphatic rings. The SMILES string of the molecule is Cc1ccc(COC(=O)N2CC[C@@H](CNc3cccc4nncn34)C(F)C2)cc1. The van der Waals surface area contributed by atoms with Crippen molar-refractivity contribution in [2.45, 2.75) is 26.1 Å². The molecule has 4 rings (SSSR count). The molecule has 0 radical (unpaired) electrons. The molecule has 1 fully saturated rings. The zero-order valence-electron chi connectivity index (χ0n) is 16.3. The second-order valence-corrected chi connectivity index (χ2v) is 7.40. The van der Waals surface area contributed by atoms with Crippen LogP contribution in [0, 0.1) is 12.8 Å². The number of pyridine rings is 1. The van der Waals surface area contributed by atoms with E-state index in [9.17, 15) is 9.18 Å². The maximum absolute atomic E-state index is 14.7. The molecule has 2 aromatic heterocycles. The Labute approximate surface area is 168 Å². The third-order valence-electron chi connectivity index (χ3n) is 5.30. The largest absolute Gasteiger partial charge is 0.445 e. The Morgan fingerprint density at radius 3 is 2.90 bits per heavy atom. The van der Waals surface area contributed by atoms with Gasteiger partial charge in [-0.05, 0) is 31.0 Å². The molecule has 1 amide bonds. The lowest BCUT2D eigenvalue weighted by Crippen LogP contribution is -2.46. The zero-order valence-corrected chi connectivity index (χ0v) is 16.3. The number of piperidine rings is 1. The van der Waals surface area contributed by atoms with Gasteiger partial charge in [-0.3, -0.25) is 4.40 Å². The predicted octanol–water partition coefficient (Wildman–Crippen LogP) is 3.45. The van der Waals surface area contributed by atoms with Crippen LogP contribution >= 0.6 is 0 Å². The topological polar surface area (TPSA) is 71.8 Å². The molecule has 152 valence electrons. The number of halogens is 1. The summed E-state index contributed by atoms with van der Waals surface area (Å²) in [6, 6.07) is 13.4. The van der Waals surface area contributed by atoms with Crippen molar-refractivity contribution in [2.75, 3.05) is 25.0 Å². The average Bonchev–Trinajstić information content (AvgIpc) is 3.22. The van der Waals surface area contributed by atoms with Crippen LogP contribution < -0.4 is 5.32 Å². The Hall–Kier alpha value is -3.16. The van der Waals surface area contributed by atoms with Gasteiger partial charge < -0.3 is 15.0 Å². The van der Waals surface area contributed by atoms with E-state index in [2.05, 4.69) is 15.5 Å². The van der Waals surface area contributed by atoms with Gasteiger partial charge in [0.25, 0.3) is 0 Å². The number of nitrogens with one attached hydrogen (secondary N) is 1. The minimum Gasteiger partial charge on any atom is -0.445 e. The van der Waals surface area contributed by atoms with Gasteiger partial charge in [0.1, 0.15) is 24.9 Å². The highest BCUT2D eigenvalue weighted by molar-refractivity contribution is 5.67. The number of hydrogen-bond donors (Lipinski definition) is 1. The number of nitrogens with zero attached hydrogens (tertiary/aromatic N) is 4. The standard InChI is InChI=1S/C21H24FN5O2/c1-15-5-7-16(8-6-15)13-29-21(28)26-10-9-17(18(22)12-26)11-23-19-3-2-4-20-25-24-14-27(19)20/h2-8,14,17-18,23H,9-13H2,1H3/t17-,18?/m0/s1. The lowest BCUT2D eigenvalue weighted by atomic mass is 9.95. The van der Waals surface area contributed by atoms with E-state index >= 15 is 0 Å². The number of hydrogen-bond acceptors (Lipinski definition) is 5. The van der Waals surface area contributed by atoms with Crippen LogP contribution in [0.2, 0.25) is 0 Å². The molecule has 0 spiro atoms. The molecule has 1 aliphatic heterocycles. The first-order valence-electron chi connectivity index (χ1n) is 9.74. The molecule has 1 aromatic carbocycles. The molecule has 29 heavy (non-hydrogen) atoms. The number of benzene rings is 1. The summed E-state index contributed by atoms with van der Waals surface area (Å²) < 4.78 is 21.9. The Kier molecular flexibility index (Phi) is 5.59. The van der Waals surface area contributed by atoms with Crippen molar-refractivity contribution in [3.05, 3.63) is 59.9 Å². The van der Waals surface area contributed by atoms with Crippen molar-refractivity contribution >= 4 is 17.6 Å². The number of carbonyl (C=O) groups is 1. The minimum atomic E-state index is -1.11. The summed E-state index contributed by atoms with van der Waals surface area (Å²) in [7, 11) is 0. The van der Waals surface area contributed by atoms with Gasteiger partial charge in [0.05, 0.1) is 6.54 Å². The molecule has 3 aromatic rings. The molecule has 0 bridgehead atoms. The number of rotatable bonds is 5. The van der Waals surface area contributed by atoms with Gasteiger partial charge in [-0.1, -0.05) is 35.9 Å². The first kappa shape index (κ1) is 19.2. The second kappa shape index (κ2) is 8.46. The highest BCUT2D eigenvalue weighted by atomic mass is 19.1. The normalized spacial score (nSPS) is 19.3. The van der Waals surface area contributed by atoms with Crippen molar-refractivity contribution in [3.63, 3.8) is 0 Å². The number of ether oxygens (including phenoxy) is 1. The predicted molar refractivity (Wildman–Crippen MR) is 107 cm³/mol. The molecule has 3 heterocycles. The van der Waals surface area contributed by atoms with Crippen LogP contribution in [0.15, 0.2) is 48.8 Å². The number of aromatic nitrogens is 3. The number of fused-ring (bicyclic) bond motifs is 1. The summed E-state index contributed by atoms with van der Waals surface area (Å²) in [5, 5.41) is 11.2. The summed E-state index contributed by atoms with van der Waals surface area (Å²) in [4.78, 5) is 13.7. The number of amides is 1. The van der Waals surface area contributed by atoms with E-state index in [1.807, 2.05) is 53.8 Å². The molecule has 8 heteroatoms.